The van der Waals surface area contributed by atoms with E-state index in [1.165, 1.54) is 12.3 Å². The van der Waals surface area contributed by atoms with Gasteiger partial charge >= 0.3 is 6.61 Å². The summed E-state index contributed by atoms with van der Waals surface area (Å²) in [6.45, 7) is -2.85. The average molecular weight is 236 g/mol. The molecular formula is C12H10F2N2O. The van der Waals surface area contributed by atoms with Crippen molar-refractivity contribution >= 4 is 5.69 Å². The van der Waals surface area contributed by atoms with E-state index in [0.29, 0.717) is 11.3 Å². The summed E-state index contributed by atoms with van der Waals surface area (Å²) < 4.78 is 28.4. The average Bonchev–Trinajstić information content (AvgIpc) is 2.29. The molecule has 0 aliphatic carbocycles. The first-order valence-corrected chi connectivity index (χ1v) is 4.91. The van der Waals surface area contributed by atoms with Crippen molar-refractivity contribution in [1.82, 2.24) is 4.98 Å². The number of pyridine rings is 1. The Balaban J connectivity index is 2.29. The quantitative estimate of drug-likeness (QED) is 0.833. The van der Waals surface area contributed by atoms with Crippen LogP contribution in [0.5, 0.6) is 5.75 Å². The molecule has 0 atom stereocenters. The first-order valence-electron chi connectivity index (χ1n) is 4.91. The number of alkyl halides is 2. The number of ether oxygens (including phenoxy) is 1. The van der Waals surface area contributed by atoms with Gasteiger partial charge in [-0.15, -0.1) is 0 Å². The summed E-state index contributed by atoms with van der Waals surface area (Å²) >= 11 is 0. The van der Waals surface area contributed by atoms with Crippen LogP contribution >= 0.6 is 0 Å². The fourth-order valence-corrected chi connectivity index (χ4v) is 1.42. The summed E-state index contributed by atoms with van der Waals surface area (Å²) in [6.07, 6.45) is 2.82. The number of hydrogen-bond donors (Lipinski definition) is 1. The second-order valence-corrected chi connectivity index (χ2v) is 3.41. The minimum Gasteiger partial charge on any atom is -0.433 e. The number of nitrogens with two attached hydrogens (primary N) is 1. The van der Waals surface area contributed by atoms with Gasteiger partial charge in [-0.25, -0.2) is 0 Å². The SMILES string of the molecule is Nc1ccc(-c2cncc(OC(F)F)c2)cc1. The highest BCUT2D eigenvalue weighted by Crippen LogP contribution is 2.24. The van der Waals surface area contributed by atoms with Crippen molar-refractivity contribution in [2.24, 2.45) is 0 Å². The van der Waals surface area contributed by atoms with Crippen LogP contribution in [0.3, 0.4) is 0 Å². The molecule has 1 aromatic carbocycles. The normalized spacial score (nSPS) is 10.5. The fourth-order valence-electron chi connectivity index (χ4n) is 1.42. The lowest BCUT2D eigenvalue weighted by Crippen LogP contribution is -2.02. The van der Waals surface area contributed by atoms with Gasteiger partial charge in [0, 0.05) is 17.4 Å². The minimum atomic E-state index is -2.85. The van der Waals surface area contributed by atoms with E-state index < -0.39 is 6.61 Å². The molecule has 0 amide bonds. The molecule has 88 valence electrons. The molecule has 3 nitrogen and oxygen atoms in total. The van der Waals surface area contributed by atoms with Crippen molar-refractivity contribution in [2.45, 2.75) is 6.61 Å². The van der Waals surface area contributed by atoms with Crippen LogP contribution in [0, 0.1) is 0 Å². The summed E-state index contributed by atoms with van der Waals surface area (Å²) in [4.78, 5) is 3.85. The number of anilines is 1. The predicted octanol–water partition coefficient (Wildman–Crippen LogP) is 2.93. The smallest absolute Gasteiger partial charge is 0.387 e. The van der Waals surface area contributed by atoms with Crippen LogP contribution in [0.25, 0.3) is 11.1 Å². The molecule has 1 heterocycles. The van der Waals surface area contributed by atoms with E-state index in [1.807, 2.05) is 0 Å². The van der Waals surface area contributed by atoms with Crippen LogP contribution in [-0.2, 0) is 0 Å². The van der Waals surface area contributed by atoms with Gasteiger partial charge in [0.15, 0.2) is 0 Å². The van der Waals surface area contributed by atoms with Gasteiger partial charge in [0.2, 0.25) is 0 Å². The number of hydrogen-bond acceptors (Lipinski definition) is 3. The summed E-state index contributed by atoms with van der Waals surface area (Å²) in [5.41, 5.74) is 7.74. The molecule has 0 saturated heterocycles. The van der Waals surface area contributed by atoms with Gasteiger partial charge in [-0.3, -0.25) is 4.98 Å². The lowest BCUT2D eigenvalue weighted by Gasteiger charge is -2.06. The fraction of sp³-hybridized carbons (Fsp3) is 0.0833. The van der Waals surface area contributed by atoms with E-state index in [0.717, 1.165) is 5.56 Å². The molecule has 2 rings (SSSR count). The lowest BCUT2D eigenvalue weighted by atomic mass is 10.1. The van der Waals surface area contributed by atoms with Gasteiger partial charge in [0.05, 0.1) is 6.20 Å². The Hall–Kier alpha value is -2.17. The molecule has 0 spiro atoms. The molecule has 0 saturated carbocycles. The number of nitrogen functional groups attached to an aromatic ring is 1. The Morgan fingerprint density at radius 3 is 2.41 bits per heavy atom. The van der Waals surface area contributed by atoms with Crippen molar-refractivity contribution in [2.75, 3.05) is 5.73 Å². The van der Waals surface area contributed by atoms with Crippen LogP contribution < -0.4 is 10.5 Å². The van der Waals surface area contributed by atoms with Crippen molar-refractivity contribution in [3.63, 3.8) is 0 Å². The maximum Gasteiger partial charge on any atom is 0.387 e. The van der Waals surface area contributed by atoms with E-state index in [-0.39, 0.29) is 5.75 Å². The molecule has 5 heteroatoms. The van der Waals surface area contributed by atoms with E-state index >= 15 is 0 Å². The maximum atomic E-state index is 12.0. The van der Waals surface area contributed by atoms with E-state index in [9.17, 15) is 8.78 Å². The second-order valence-electron chi connectivity index (χ2n) is 3.41. The van der Waals surface area contributed by atoms with Crippen molar-refractivity contribution in [3.05, 3.63) is 42.7 Å². The molecule has 2 N–H and O–H groups in total. The Morgan fingerprint density at radius 2 is 1.76 bits per heavy atom. The number of aromatic nitrogens is 1. The molecule has 0 aliphatic rings. The molecular weight excluding hydrogens is 226 g/mol. The van der Waals surface area contributed by atoms with Gasteiger partial charge in [-0.2, -0.15) is 8.78 Å². The molecule has 0 radical (unpaired) electrons. The molecule has 0 unspecified atom stereocenters. The number of benzene rings is 1. The van der Waals surface area contributed by atoms with E-state index in [2.05, 4.69) is 9.72 Å². The molecule has 0 bridgehead atoms. The standard InChI is InChI=1S/C12H10F2N2O/c13-12(14)17-11-5-9(6-16-7-11)8-1-3-10(15)4-2-8/h1-7,12H,15H2. The third kappa shape index (κ3) is 2.90. The Kier molecular flexibility index (Phi) is 3.18. The van der Waals surface area contributed by atoms with Crippen molar-refractivity contribution in [1.29, 1.82) is 0 Å². The van der Waals surface area contributed by atoms with Gasteiger partial charge in [0.1, 0.15) is 5.75 Å². The molecule has 0 fully saturated rings. The van der Waals surface area contributed by atoms with Crippen molar-refractivity contribution in [3.8, 4) is 16.9 Å². The highest BCUT2D eigenvalue weighted by atomic mass is 19.3. The summed E-state index contributed by atoms with van der Waals surface area (Å²) in [5, 5.41) is 0. The Morgan fingerprint density at radius 1 is 1.06 bits per heavy atom. The van der Waals surface area contributed by atoms with Crippen LogP contribution in [0.1, 0.15) is 0 Å². The van der Waals surface area contributed by atoms with Crippen LogP contribution in [-0.4, -0.2) is 11.6 Å². The van der Waals surface area contributed by atoms with Gasteiger partial charge < -0.3 is 10.5 Å². The molecule has 17 heavy (non-hydrogen) atoms. The molecule has 2 aromatic rings. The summed E-state index contributed by atoms with van der Waals surface area (Å²) in [7, 11) is 0. The van der Waals surface area contributed by atoms with Crippen LogP contribution in [0.4, 0.5) is 14.5 Å². The monoisotopic (exact) mass is 236 g/mol. The zero-order valence-electron chi connectivity index (χ0n) is 8.81. The maximum absolute atomic E-state index is 12.0. The highest BCUT2D eigenvalue weighted by Gasteiger charge is 2.06. The summed E-state index contributed by atoms with van der Waals surface area (Å²) in [5.74, 6) is 0.0364. The zero-order valence-corrected chi connectivity index (χ0v) is 8.81. The zero-order chi connectivity index (χ0) is 12.3. The second kappa shape index (κ2) is 4.78. The molecule has 1 aromatic heterocycles. The Bertz CT molecular complexity index is 500. The van der Waals surface area contributed by atoms with Gasteiger partial charge in [0.25, 0.3) is 0 Å². The van der Waals surface area contributed by atoms with Crippen molar-refractivity contribution < 1.29 is 13.5 Å². The first kappa shape index (κ1) is 11.3. The largest absolute Gasteiger partial charge is 0.433 e. The number of halogens is 2. The first-order chi connectivity index (χ1) is 8.15. The number of nitrogens with zero attached hydrogens (tertiary/aromatic N) is 1. The number of rotatable bonds is 3. The van der Waals surface area contributed by atoms with E-state index in [4.69, 9.17) is 5.73 Å². The van der Waals surface area contributed by atoms with Gasteiger partial charge in [-0.05, 0) is 23.8 Å². The third-order valence-corrected chi connectivity index (χ3v) is 2.18. The lowest BCUT2D eigenvalue weighted by molar-refractivity contribution is -0.0500. The summed E-state index contributed by atoms with van der Waals surface area (Å²) in [6, 6.07) is 8.55. The topological polar surface area (TPSA) is 48.1 Å². The predicted molar refractivity (Wildman–Crippen MR) is 60.7 cm³/mol. The third-order valence-electron chi connectivity index (χ3n) is 2.18. The molecule has 0 aliphatic heterocycles. The minimum absolute atomic E-state index is 0.0364. The van der Waals surface area contributed by atoms with Crippen LogP contribution in [0.2, 0.25) is 0 Å². The van der Waals surface area contributed by atoms with Crippen LogP contribution in [0.15, 0.2) is 42.7 Å². The highest BCUT2D eigenvalue weighted by molar-refractivity contribution is 5.65. The van der Waals surface area contributed by atoms with E-state index in [1.54, 1.807) is 30.5 Å². The van der Waals surface area contributed by atoms with Gasteiger partial charge in [-0.1, -0.05) is 12.1 Å². The Labute approximate surface area is 96.9 Å².